The first-order chi connectivity index (χ1) is 9.79. The standard InChI is InChI=1S/C18H29FN2/c1-13(2)16-10-20-17(18(3,4)5)12-21(16)11-14-8-6-7-9-15(14)19/h6-9,13,16-17,20H,10-12H2,1-5H3. The Balaban J connectivity index is 2.16. The SMILES string of the molecule is CC(C)C1CNC(C(C)(C)C)CN1Cc1ccccc1F. The van der Waals surface area contributed by atoms with Gasteiger partial charge in [-0.15, -0.1) is 0 Å². The Bertz CT molecular complexity index is 465. The van der Waals surface area contributed by atoms with Crippen molar-refractivity contribution in [1.29, 1.82) is 0 Å². The van der Waals surface area contributed by atoms with Gasteiger partial charge in [0.25, 0.3) is 0 Å². The summed E-state index contributed by atoms with van der Waals surface area (Å²) in [6.45, 7) is 13.9. The van der Waals surface area contributed by atoms with Gasteiger partial charge >= 0.3 is 0 Å². The number of benzene rings is 1. The second-order valence-electron chi connectivity index (χ2n) is 7.66. The molecule has 1 saturated heterocycles. The number of rotatable bonds is 3. The van der Waals surface area contributed by atoms with Crippen molar-refractivity contribution in [2.75, 3.05) is 13.1 Å². The fraction of sp³-hybridized carbons (Fsp3) is 0.667. The van der Waals surface area contributed by atoms with E-state index in [1.165, 1.54) is 0 Å². The third-order valence-corrected chi connectivity index (χ3v) is 4.61. The summed E-state index contributed by atoms with van der Waals surface area (Å²) in [6, 6.07) is 8.05. The molecule has 2 rings (SSSR count). The Kier molecular flexibility index (Phi) is 5.05. The second-order valence-corrected chi connectivity index (χ2v) is 7.66. The molecule has 118 valence electrons. The maximum atomic E-state index is 14.0. The van der Waals surface area contributed by atoms with Crippen LogP contribution in [0.1, 0.15) is 40.2 Å². The van der Waals surface area contributed by atoms with E-state index in [4.69, 9.17) is 0 Å². The van der Waals surface area contributed by atoms with E-state index in [0.717, 1.165) is 18.7 Å². The Morgan fingerprint density at radius 2 is 1.95 bits per heavy atom. The molecule has 0 saturated carbocycles. The summed E-state index contributed by atoms with van der Waals surface area (Å²) in [5.74, 6) is 0.469. The van der Waals surface area contributed by atoms with Gasteiger partial charge in [-0.25, -0.2) is 4.39 Å². The maximum absolute atomic E-state index is 14.0. The summed E-state index contributed by atoms with van der Waals surface area (Å²) in [7, 11) is 0. The topological polar surface area (TPSA) is 15.3 Å². The van der Waals surface area contributed by atoms with Crippen LogP contribution < -0.4 is 5.32 Å². The molecular formula is C18H29FN2. The molecule has 1 heterocycles. The van der Waals surface area contributed by atoms with Crippen molar-refractivity contribution in [2.24, 2.45) is 11.3 Å². The highest BCUT2D eigenvalue weighted by Gasteiger charge is 2.35. The van der Waals surface area contributed by atoms with Crippen molar-refractivity contribution >= 4 is 0 Å². The first-order valence-corrected chi connectivity index (χ1v) is 8.00. The smallest absolute Gasteiger partial charge is 0.127 e. The van der Waals surface area contributed by atoms with E-state index in [-0.39, 0.29) is 11.2 Å². The lowest BCUT2D eigenvalue weighted by Crippen LogP contribution is -2.61. The fourth-order valence-corrected chi connectivity index (χ4v) is 3.09. The van der Waals surface area contributed by atoms with E-state index >= 15 is 0 Å². The zero-order chi connectivity index (χ0) is 15.6. The molecular weight excluding hydrogens is 263 g/mol. The molecule has 1 aliphatic heterocycles. The largest absolute Gasteiger partial charge is 0.311 e. The molecule has 1 aliphatic rings. The second kappa shape index (κ2) is 6.45. The van der Waals surface area contributed by atoms with Gasteiger partial charge in [0.2, 0.25) is 0 Å². The van der Waals surface area contributed by atoms with Crippen molar-refractivity contribution in [3.63, 3.8) is 0 Å². The highest BCUT2D eigenvalue weighted by molar-refractivity contribution is 5.17. The average Bonchev–Trinajstić information content (AvgIpc) is 2.40. The minimum absolute atomic E-state index is 0.0918. The average molecular weight is 292 g/mol. The van der Waals surface area contributed by atoms with E-state index in [2.05, 4.69) is 44.8 Å². The minimum Gasteiger partial charge on any atom is -0.311 e. The van der Waals surface area contributed by atoms with E-state index in [0.29, 0.717) is 24.5 Å². The lowest BCUT2D eigenvalue weighted by Gasteiger charge is -2.46. The van der Waals surface area contributed by atoms with E-state index in [1.54, 1.807) is 12.1 Å². The van der Waals surface area contributed by atoms with Gasteiger partial charge in [0.15, 0.2) is 0 Å². The molecule has 0 spiro atoms. The molecule has 21 heavy (non-hydrogen) atoms. The number of nitrogens with one attached hydrogen (secondary N) is 1. The van der Waals surface area contributed by atoms with Crippen molar-refractivity contribution in [1.82, 2.24) is 10.2 Å². The third-order valence-electron chi connectivity index (χ3n) is 4.61. The van der Waals surface area contributed by atoms with Crippen LogP contribution in [-0.2, 0) is 6.54 Å². The molecule has 3 heteroatoms. The maximum Gasteiger partial charge on any atom is 0.127 e. The zero-order valence-electron chi connectivity index (χ0n) is 14.0. The van der Waals surface area contributed by atoms with Crippen molar-refractivity contribution in [3.05, 3.63) is 35.6 Å². The Hall–Kier alpha value is -0.930. The third kappa shape index (κ3) is 4.04. The Labute approximate surface area is 128 Å². The van der Waals surface area contributed by atoms with Gasteiger partial charge in [-0.2, -0.15) is 0 Å². The van der Waals surface area contributed by atoms with Crippen molar-refractivity contribution in [3.8, 4) is 0 Å². The summed E-state index contributed by atoms with van der Waals surface area (Å²) in [5, 5.41) is 3.69. The van der Waals surface area contributed by atoms with Crippen LogP contribution in [0.4, 0.5) is 4.39 Å². The zero-order valence-corrected chi connectivity index (χ0v) is 14.0. The molecule has 2 unspecified atom stereocenters. The Morgan fingerprint density at radius 3 is 2.52 bits per heavy atom. The quantitative estimate of drug-likeness (QED) is 0.914. The molecule has 1 aromatic rings. The van der Waals surface area contributed by atoms with Gasteiger partial charge in [0, 0.05) is 37.3 Å². The normalized spacial score (nSPS) is 24.5. The van der Waals surface area contributed by atoms with Gasteiger partial charge in [-0.3, -0.25) is 4.90 Å². The van der Waals surface area contributed by atoms with Crippen LogP contribution in [0.25, 0.3) is 0 Å². The highest BCUT2D eigenvalue weighted by atomic mass is 19.1. The van der Waals surface area contributed by atoms with Crippen molar-refractivity contribution < 1.29 is 4.39 Å². The number of hydrogen-bond acceptors (Lipinski definition) is 2. The van der Waals surface area contributed by atoms with Crippen LogP contribution >= 0.6 is 0 Å². The van der Waals surface area contributed by atoms with Crippen LogP contribution in [0.15, 0.2) is 24.3 Å². The molecule has 0 bridgehead atoms. The molecule has 0 amide bonds. The molecule has 2 nitrogen and oxygen atoms in total. The molecule has 1 N–H and O–H groups in total. The first-order valence-electron chi connectivity index (χ1n) is 8.00. The molecule has 0 aromatic heterocycles. The fourth-order valence-electron chi connectivity index (χ4n) is 3.09. The molecule has 1 aromatic carbocycles. The van der Waals surface area contributed by atoms with Crippen LogP contribution in [0.5, 0.6) is 0 Å². The van der Waals surface area contributed by atoms with Crippen LogP contribution in [0, 0.1) is 17.2 Å². The van der Waals surface area contributed by atoms with Gasteiger partial charge in [-0.05, 0) is 17.4 Å². The molecule has 0 aliphatic carbocycles. The molecule has 1 fully saturated rings. The van der Waals surface area contributed by atoms with Crippen LogP contribution in [0.2, 0.25) is 0 Å². The Morgan fingerprint density at radius 1 is 1.29 bits per heavy atom. The summed E-state index contributed by atoms with van der Waals surface area (Å²) in [4.78, 5) is 2.45. The van der Waals surface area contributed by atoms with Gasteiger partial charge in [0.05, 0.1) is 0 Å². The number of nitrogens with zero attached hydrogens (tertiary/aromatic N) is 1. The summed E-state index contributed by atoms with van der Waals surface area (Å²) in [5.41, 5.74) is 1.02. The summed E-state index contributed by atoms with van der Waals surface area (Å²) in [6.07, 6.45) is 0. The monoisotopic (exact) mass is 292 g/mol. The predicted molar refractivity (Wildman–Crippen MR) is 86.7 cm³/mol. The summed E-state index contributed by atoms with van der Waals surface area (Å²) < 4.78 is 14.0. The van der Waals surface area contributed by atoms with Crippen LogP contribution in [-0.4, -0.2) is 30.1 Å². The number of piperazine rings is 1. The van der Waals surface area contributed by atoms with E-state index in [9.17, 15) is 4.39 Å². The molecule has 0 radical (unpaired) electrons. The van der Waals surface area contributed by atoms with Gasteiger partial charge in [0.1, 0.15) is 5.82 Å². The minimum atomic E-state index is -0.0918. The predicted octanol–water partition coefficient (Wildman–Crippen LogP) is 3.67. The summed E-state index contributed by atoms with van der Waals surface area (Å²) >= 11 is 0. The molecule has 2 atom stereocenters. The van der Waals surface area contributed by atoms with Crippen molar-refractivity contribution in [2.45, 2.75) is 53.2 Å². The highest BCUT2D eigenvalue weighted by Crippen LogP contribution is 2.27. The van der Waals surface area contributed by atoms with Gasteiger partial charge < -0.3 is 5.32 Å². The lowest BCUT2D eigenvalue weighted by molar-refractivity contribution is 0.0564. The first kappa shape index (κ1) is 16.4. The van der Waals surface area contributed by atoms with E-state index in [1.807, 2.05) is 12.1 Å². The number of halogens is 1. The van der Waals surface area contributed by atoms with Gasteiger partial charge in [-0.1, -0.05) is 52.8 Å². The van der Waals surface area contributed by atoms with E-state index < -0.39 is 0 Å². The number of hydrogen-bond donors (Lipinski definition) is 1. The van der Waals surface area contributed by atoms with Crippen LogP contribution in [0.3, 0.4) is 0 Å². The lowest BCUT2D eigenvalue weighted by atomic mass is 9.83.